The summed E-state index contributed by atoms with van der Waals surface area (Å²) >= 11 is 3.62. The average molecular weight is 360 g/mol. The number of aryl methyl sites for hydroxylation is 2. The Kier molecular flexibility index (Phi) is 6.19. The van der Waals surface area contributed by atoms with Gasteiger partial charge in [0.2, 0.25) is 0 Å². The monoisotopic (exact) mass is 359 g/mol. The highest BCUT2D eigenvalue weighted by Crippen LogP contribution is 2.23. The number of ether oxygens (including phenoxy) is 1. The number of hydrogen-bond acceptors (Lipinski definition) is 5. The molecule has 1 aromatic rings. The van der Waals surface area contributed by atoms with E-state index >= 15 is 0 Å². The van der Waals surface area contributed by atoms with Gasteiger partial charge in [0.1, 0.15) is 0 Å². The highest BCUT2D eigenvalue weighted by Gasteiger charge is 2.29. The zero-order chi connectivity index (χ0) is 15.4. The summed E-state index contributed by atoms with van der Waals surface area (Å²) in [5.41, 5.74) is 5.08. The smallest absolute Gasteiger partial charge is 0.0872 e. The molecule has 21 heavy (non-hydrogen) atoms. The molecule has 1 aliphatic heterocycles. The van der Waals surface area contributed by atoms with Crippen molar-refractivity contribution in [2.24, 2.45) is 12.9 Å². The number of morpholine rings is 1. The third-order valence-electron chi connectivity index (χ3n) is 4.06. The average Bonchev–Trinajstić information content (AvgIpc) is 2.71. The Morgan fingerprint density at radius 1 is 1.57 bits per heavy atom. The first kappa shape index (κ1) is 16.9. The normalized spacial score (nSPS) is 21.7. The maximum Gasteiger partial charge on any atom is 0.0872 e. The summed E-state index contributed by atoms with van der Waals surface area (Å²) < 4.78 is 8.91. The quantitative estimate of drug-likeness (QED) is 0.585. The van der Waals surface area contributed by atoms with Crippen molar-refractivity contribution >= 4 is 15.9 Å². The van der Waals surface area contributed by atoms with Crippen LogP contribution < -0.4 is 11.3 Å². The number of halogens is 1. The maximum absolute atomic E-state index is 5.94. The van der Waals surface area contributed by atoms with Crippen LogP contribution in [-0.2, 0) is 18.2 Å². The summed E-state index contributed by atoms with van der Waals surface area (Å²) in [4.78, 5) is 2.45. The third-order valence-corrected chi connectivity index (χ3v) is 5.09. The molecule has 0 radical (unpaired) electrons. The summed E-state index contributed by atoms with van der Waals surface area (Å²) in [6, 6.07) is 0.0794. The molecule has 1 aliphatic rings. The number of hydrazine groups is 1. The van der Waals surface area contributed by atoms with Crippen LogP contribution in [-0.4, -0.2) is 53.1 Å². The van der Waals surface area contributed by atoms with E-state index in [0.717, 1.165) is 48.5 Å². The molecule has 0 amide bonds. The van der Waals surface area contributed by atoms with Gasteiger partial charge in [-0.3, -0.25) is 20.9 Å². The van der Waals surface area contributed by atoms with Gasteiger partial charge < -0.3 is 4.74 Å². The standard InChI is InChI=1S/C14H26BrN5O/c1-4-5-20-6-7-21-13(9-20)11(17-16)8-12-14(15)10(2)18-19(12)3/h11,13,17H,4-9,16H2,1-3H3. The molecule has 2 unspecified atom stereocenters. The molecule has 0 saturated carbocycles. The second-order valence-electron chi connectivity index (χ2n) is 5.66. The van der Waals surface area contributed by atoms with Gasteiger partial charge in [-0.15, -0.1) is 0 Å². The van der Waals surface area contributed by atoms with E-state index < -0.39 is 0 Å². The number of rotatable bonds is 6. The first-order chi connectivity index (χ1) is 10.1. The first-order valence-corrected chi connectivity index (χ1v) is 8.34. The summed E-state index contributed by atoms with van der Waals surface area (Å²) in [5, 5.41) is 4.44. The van der Waals surface area contributed by atoms with Crippen molar-refractivity contribution in [3.8, 4) is 0 Å². The number of hydrogen-bond donors (Lipinski definition) is 2. The second kappa shape index (κ2) is 7.69. The molecule has 1 saturated heterocycles. The summed E-state index contributed by atoms with van der Waals surface area (Å²) in [6.07, 6.45) is 2.07. The van der Waals surface area contributed by atoms with Crippen molar-refractivity contribution in [1.29, 1.82) is 0 Å². The number of aromatic nitrogens is 2. The van der Waals surface area contributed by atoms with Crippen LogP contribution in [0.4, 0.5) is 0 Å². The number of nitrogens with one attached hydrogen (secondary N) is 1. The van der Waals surface area contributed by atoms with Crippen molar-refractivity contribution in [3.63, 3.8) is 0 Å². The lowest BCUT2D eigenvalue weighted by molar-refractivity contribution is -0.0465. The molecule has 2 rings (SSSR count). The van der Waals surface area contributed by atoms with Gasteiger partial charge in [-0.2, -0.15) is 5.10 Å². The summed E-state index contributed by atoms with van der Waals surface area (Å²) in [7, 11) is 1.96. The van der Waals surface area contributed by atoms with E-state index in [0.29, 0.717) is 0 Å². The largest absolute Gasteiger partial charge is 0.374 e. The fourth-order valence-electron chi connectivity index (χ4n) is 2.90. The van der Waals surface area contributed by atoms with Gasteiger partial charge in [0.25, 0.3) is 0 Å². The zero-order valence-electron chi connectivity index (χ0n) is 13.1. The Hall–Kier alpha value is -0.470. The van der Waals surface area contributed by atoms with Gasteiger partial charge in [0.05, 0.1) is 34.6 Å². The molecule has 0 bridgehead atoms. The zero-order valence-corrected chi connectivity index (χ0v) is 14.7. The van der Waals surface area contributed by atoms with Gasteiger partial charge >= 0.3 is 0 Å². The van der Waals surface area contributed by atoms with Gasteiger partial charge in [-0.05, 0) is 35.8 Å². The number of nitrogens with zero attached hydrogens (tertiary/aromatic N) is 3. The molecular formula is C14H26BrN5O. The SMILES string of the molecule is CCCN1CCOC(C(Cc2c(Br)c(C)nn2C)NN)C1. The van der Waals surface area contributed by atoms with E-state index in [9.17, 15) is 0 Å². The highest BCUT2D eigenvalue weighted by molar-refractivity contribution is 9.10. The van der Waals surface area contributed by atoms with Gasteiger partial charge in [-0.25, -0.2) is 0 Å². The molecule has 1 fully saturated rings. The molecule has 2 heterocycles. The van der Waals surface area contributed by atoms with Crippen LogP contribution in [0, 0.1) is 6.92 Å². The molecule has 0 aliphatic carbocycles. The molecular weight excluding hydrogens is 334 g/mol. The predicted octanol–water partition coefficient (Wildman–Crippen LogP) is 0.976. The molecule has 7 heteroatoms. The highest BCUT2D eigenvalue weighted by atomic mass is 79.9. The van der Waals surface area contributed by atoms with E-state index in [1.807, 2.05) is 18.7 Å². The van der Waals surface area contributed by atoms with E-state index in [4.69, 9.17) is 10.6 Å². The molecule has 2 atom stereocenters. The van der Waals surface area contributed by atoms with Crippen LogP contribution in [0.15, 0.2) is 4.47 Å². The number of nitrogens with two attached hydrogens (primary N) is 1. The van der Waals surface area contributed by atoms with Crippen molar-refractivity contribution < 1.29 is 4.74 Å². The van der Waals surface area contributed by atoms with Crippen LogP contribution in [0.2, 0.25) is 0 Å². The fraction of sp³-hybridized carbons (Fsp3) is 0.786. The van der Waals surface area contributed by atoms with Crippen molar-refractivity contribution in [1.82, 2.24) is 20.1 Å². The van der Waals surface area contributed by atoms with Crippen molar-refractivity contribution in [2.45, 2.75) is 38.8 Å². The van der Waals surface area contributed by atoms with Crippen LogP contribution in [0.25, 0.3) is 0 Å². The maximum atomic E-state index is 5.94. The molecule has 6 nitrogen and oxygen atoms in total. The lowest BCUT2D eigenvalue weighted by Crippen LogP contribution is -2.55. The van der Waals surface area contributed by atoms with E-state index in [1.54, 1.807) is 0 Å². The van der Waals surface area contributed by atoms with Crippen LogP contribution in [0.5, 0.6) is 0 Å². The third kappa shape index (κ3) is 4.04. The Balaban J connectivity index is 2.05. The minimum absolute atomic E-state index is 0.0794. The fourth-order valence-corrected chi connectivity index (χ4v) is 3.40. The molecule has 1 aromatic heterocycles. The topological polar surface area (TPSA) is 68.3 Å². The minimum Gasteiger partial charge on any atom is -0.374 e. The molecule has 3 N–H and O–H groups in total. The molecule has 0 aromatic carbocycles. The second-order valence-corrected chi connectivity index (χ2v) is 6.45. The van der Waals surface area contributed by atoms with Crippen LogP contribution in [0.1, 0.15) is 24.7 Å². The van der Waals surface area contributed by atoms with Gasteiger partial charge in [0, 0.05) is 26.6 Å². The minimum atomic E-state index is 0.0794. The summed E-state index contributed by atoms with van der Waals surface area (Å²) in [6.45, 7) is 8.03. The lowest BCUT2D eigenvalue weighted by atomic mass is 10.0. The summed E-state index contributed by atoms with van der Waals surface area (Å²) in [5.74, 6) is 5.78. The van der Waals surface area contributed by atoms with E-state index in [-0.39, 0.29) is 12.1 Å². The Morgan fingerprint density at radius 3 is 2.90 bits per heavy atom. The Labute approximate surface area is 135 Å². The predicted molar refractivity (Wildman–Crippen MR) is 86.9 cm³/mol. The van der Waals surface area contributed by atoms with Crippen LogP contribution in [0.3, 0.4) is 0 Å². The first-order valence-electron chi connectivity index (χ1n) is 7.54. The van der Waals surface area contributed by atoms with Gasteiger partial charge in [-0.1, -0.05) is 6.92 Å². The van der Waals surface area contributed by atoms with E-state index in [2.05, 4.69) is 38.3 Å². The lowest BCUT2D eigenvalue weighted by Gasteiger charge is -2.36. The van der Waals surface area contributed by atoms with Crippen LogP contribution >= 0.6 is 15.9 Å². The Morgan fingerprint density at radius 2 is 2.33 bits per heavy atom. The molecule has 120 valence electrons. The van der Waals surface area contributed by atoms with Crippen molar-refractivity contribution in [3.05, 3.63) is 15.9 Å². The van der Waals surface area contributed by atoms with Crippen molar-refractivity contribution in [2.75, 3.05) is 26.2 Å². The molecule has 0 spiro atoms. The van der Waals surface area contributed by atoms with Gasteiger partial charge in [0.15, 0.2) is 0 Å². The van der Waals surface area contributed by atoms with E-state index in [1.165, 1.54) is 6.42 Å². The Bertz CT molecular complexity index is 462.